The minimum absolute atomic E-state index is 0.0327. The van der Waals surface area contributed by atoms with Crippen molar-refractivity contribution in [3.8, 4) is 5.75 Å². The van der Waals surface area contributed by atoms with Gasteiger partial charge in [-0.3, -0.25) is 14.5 Å². The first-order valence-corrected chi connectivity index (χ1v) is 9.37. The number of ether oxygens (including phenoxy) is 2. The van der Waals surface area contributed by atoms with Gasteiger partial charge in [-0.05, 0) is 44.9 Å². The van der Waals surface area contributed by atoms with Crippen LogP contribution in [-0.2, 0) is 9.53 Å². The van der Waals surface area contributed by atoms with Gasteiger partial charge in [-0.1, -0.05) is 12.1 Å². The van der Waals surface area contributed by atoms with Crippen LogP contribution in [0.4, 0.5) is 0 Å². The third-order valence-corrected chi connectivity index (χ3v) is 5.46. The maximum absolute atomic E-state index is 13.0. The van der Waals surface area contributed by atoms with E-state index in [1.165, 1.54) is 0 Å². The first-order chi connectivity index (χ1) is 12.6. The van der Waals surface area contributed by atoms with E-state index in [-0.39, 0.29) is 17.3 Å². The fourth-order valence-corrected chi connectivity index (χ4v) is 4.26. The number of esters is 1. The van der Waals surface area contributed by atoms with Crippen LogP contribution < -0.4 is 4.74 Å². The summed E-state index contributed by atoms with van der Waals surface area (Å²) >= 11 is 0. The van der Waals surface area contributed by atoms with Crippen LogP contribution in [0, 0.1) is 5.41 Å². The highest BCUT2D eigenvalue weighted by molar-refractivity contribution is 5.97. The van der Waals surface area contributed by atoms with E-state index in [1.807, 2.05) is 36.1 Å². The molecule has 0 aliphatic carbocycles. The van der Waals surface area contributed by atoms with Crippen molar-refractivity contribution in [2.24, 2.45) is 5.41 Å². The van der Waals surface area contributed by atoms with E-state index in [4.69, 9.17) is 9.47 Å². The lowest BCUT2D eigenvalue weighted by molar-refractivity contribution is -0.144. The van der Waals surface area contributed by atoms with Crippen molar-refractivity contribution < 1.29 is 19.1 Å². The van der Waals surface area contributed by atoms with E-state index in [1.54, 1.807) is 7.11 Å². The minimum Gasteiger partial charge on any atom is -0.496 e. The van der Waals surface area contributed by atoms with Crippen LogP contribution in [-0.4, -0.2) is 68.1 Å². The average Bonchev–Trinajstić information content (AvgIpc) is 3.02. The molecule has 2 saturated heterocycles. The molecule has 142 valence electrons. The van der Waals surface area contributed by atoms with Crippen LogP contribution >= 0.6 is 0 Å². The monoisotopic (exact) mass is 360 g/mol. The first-order valence-electron chi connectivity index (χ1n) is 9.37. The largest absolute Gasteiger partial charge is 0.496 e. The van der Waals surface area contributed by atoms with Gasteiger partial charge in [0.05, 0.1) is 25.8 Å². The van der Waals surface area contributed by atoms with Gasteiger partial charge in [0.1, 0.15) is 5.75 Å². The van der Waals surface area contributed by atoms with Crippen LogP contribution in [0.5, 0.6) is 5.75 Å². The van der Waals surface area contributed by atoms with E-state index < -0.39 is 0 Å². The van der Waals surface area contributed by atoms with Gasteiger partial charge < -0.3 is 14.4 Å². The molecule has 0 N–H and O–H groups in total. The number of hydrogen-bond donors (Lipinski definition) is 0. The quantitative estimate of drug-likeness (QED) is 0.754. The van der Waals surface area contributed by atoms with Crippen molar-refractivity contribution >= 4 is 11.9 Å². The third kappa shape index (κ3) is 4.01. The fraction of sp³-hybridized carbons (Fsp3) is 0.600. The molecule has 0 aromatic heterocycles. The number of hydrogen-bond acceptors (Lipinski definition) is 5. The van der Waals surface area contributed by atoms with E-state index in [2.05, 4.69) is 4.90 Å². The minimum atomic E-state index is -0.165. The number of benzene rings is 1. The third-order valence-electron chi connectivity index (χ3n) is 5.46. The fourth-order valence-electron chi connectivity index (χ4n) is 4.26. The van der Waals surface area contributed by atoms with Gasteiger partial charge in [-0.25, -0.2) is 0 Å². The van der Waals surface area contributed by atoms with Crippen molar-refractivity contribution in [1.29, 1.82) is 0 Å². The summed E-state index contributed by atoms with van der Waals surface area (Å²) in [5, 5.41) is 0. The summed E-state index contributed by atoms with van der Waals surface area (Å²) < 4.78 is 10.4. The zero-order chi connectivity index (χ0) is 18.6. The van der Waals surface area contributed by atoms with Gasteiger partial charge in [0.2, 0.25) is 0 Å². The van der Waals surface area contributed by atoms with Crippen LogP contribution in [0.1, 0.15) is 36.5 Å². The Morgan fingerprint density at radius 2 is 1.96 bits per heavy atom. The lowest BCUT2D eigenvalue weighted by Crippen LogP contribution is -2.47. The molecule has 26 heavy (non-hydrogen) atoms. The number of para-hydroxylation sites is 1. The summed E-state index contributed by atoms with van der Waals surface area (Å²) in [6.45, 7) is 5.83. The van der Waals surface area contributed by atoms with Crippen molar-refractivity contribution in [2.75, 3.05) is 46.4 Å². The summed E-state index contributed by atoms with van der Waals surface area (Å²) in [6.07, 6.45) is 3.11. The van der Waals surface area contributed by atoms with Crippen LogP contribution in [0.2, 0.25) is 0 Å². The predicted octanol–water partition coefficient (Wildman–Crippen LogP) is 2.19. The zero-order valence-corrected chi connectivity index (χ0v) is 15.7. The van der Waals surface area contributed by atoms with Crippen LogP contribution in [0.3, 0.4) is 0 Å². The van der Waals surface area contributed by atoms with E-state index in [0.29, 0.717) is 24.5 Å². The maximum Gasteiger partial charge on any atom is 0.320 e. The normalized spacial score (nSPS) is 23.2. The Balaban J connectivity index is 1.66. The molecule has 6 nitrogen and oxygen atoms in total. The SMILES string of the molecule is CCOC(=O)CN1CC[C@@]2(CCCN(C(=O)c3ccccc3OC)C2)C1. The zero-order valence-electron chi connectivity index (χ0n) is 15.7. The van der Waals surface area contributed by atoms with Gasteiger partial charge in [0.15, 0.2) is 0 Å². The molecule has 0 radical (unpaired) electrons. The molecular formula is C20H28N2O4. The van der Waals surface area contributed by atoms with Crippen molar-refractivity contribution in [3.63, 3.8) is 0 Å². The molecule has 2 aliphatic heterocycles. The summed E-state index contributed by atoms with van der Waals surface area (Å²) in [6, 6.07) is 7.39. The number of amides is 1. The lowest BCUT2D eigenvalue weighted by atomic mass is 9.79. The topological polar surface area (TPSA) is 59.1 Å². The highest BCUT2D eigenvalue weighted by Crippen LogP contribution is 2.39. The molecule has 1 atom stereocenters. The summed E-state index contributed by atoms with van der Waals surface area (Å²) in [5.74, 6) is 0.486. The number of piperidine rings is 1. The molecule has 1 spiro atoms. The molecule has 0 bridgehead atoms. The van der Waals surface area contributed by atoms with Gasteiger partial charge in [-0.15, -0.1) is 0 Å². The highest BCUT2D eigenvalue weighted by Gasteiger charge is 2.43. The molecule has 1 aromatic rings. The van der Waals surface area contributed by atoms with Crippen molar-refractivity contribution in [3.05, 3.63) is 29.8 Å². The van der Waals surface area contributed by atoms with Gasteiger partial charge in [0.25, 0.3) is 5.91 Å². The molecule has 2 fully saturated rings. The number of carbonyl (C=O) groups excluding carboxylic acids is 2. The molecule has 1 amide bonds. The smallest absolute Gasteiger partial charge is 0.320 e. The van der Waals surface area contributed by atoms with Gasteiger partial charge in [-0.2, -0.15) is 0 Å². The Bertz CT molecular complexity index is 663. The van der Waals surface area contributed by atoms with Crippen molar-refractivity contribution in [2.45, 2.75) is 26.2 Å². The number of carbonyl (C=O) groups is 2. The number of likely N-dealkylation sites (tertiary alicyclic amines) is 2. The summed E-state index contributed by atoms with van der Waals surface area (Å²) in [4.78, 5) is 28.9. The maximum atomic E-state index is 13.0. The molecule has 0 unspecified atom stereocenters. The average molecular weight is 360 g/mol. The number of nitrogens with zero attached hydrogens (tertiary/aromatic N) is 2. The Labute approximate surface area is 155 Å². The molecule has 2 aliphatic rings. The second kappa shape index (κ2) is 8.08. The Morgan fingerprint density at radius 1 is 1.15 bits per heavy atom. The van der Waals surface area contributed by atoms with Crippen LogP contribution in [0.25, 0.3) is 0 Å². The van der Waals surface area contributed by atoms with Crippen LogP contribution in [0.15, 0.2) is 24.3 Å². The van der Waals surface area contributed by atoms with Gasteiger partial charge in [0, 0.05) is 25.0 Å². The molecule has 2 heterocycles. The Morgan fingerprint density at radius 3 is 2.73 bits per heavy atom. The summed E-state index contributed by atoms with van der Waals surface area (Å²) in [5.41, 5.74) is 0.705. The van der Waals surface area contributed by atoms with Crippen molar-refractivity contribution in [1.82, 2.24) is 9.80 Å². The highest BCUT2D eigenvalue weighted by atomic mass is 16.5. The molecule has 3 rings (SSSR count). The molecule has 6 heteroatoms. The number of methoxy groups -OCH3 is 1. The summed E-state index contributed by atoms with van der Waals surface area (Å²) in [7, 11) is 1.59. The predicted molar refractivity (Wildman–Crippen MR) is 98.3 cm³/mol. The standard InChI is InChI=1S/C20H28N2O4/c1-3-26-18(23)13-21-12-10-20(14-21)9-6-11-22(15-20)19(24)16-7-4-5-8-17(16)25-2/h4-5,7-8H,3,6,9-15H2,1-2H3/t20-/m0/s1. The molecule has 1 aromatic carbocycles. The lowest BCUT2D eigenvalue weighted by Gasteiger charge is -2.40. The molecular weight excluding hydrogens is 332 g/mol. The number of rotatable bonds is 5. The molecule has 0 saturated carbocycles. The van der Waals surface area contributed by atoms with E-state index >= 15 is 0 Å². The van der Waals surface area contributed by atoms with E-state index in [9.17, 15) is 9.59 Å². The Hall–Kier alpha value is -2.08. The van der Waals surface area contributed by atoms with Gasteiger partial charge >= 0.3 is 5.97 Å². The first kappa shape index (κ1) is 18.7. The Kier molecular flexibility index (Phi) is 5.81. The second-order valence-corrected chi connectivity index (χ2v) is 7.30. The van der Waals surface area contributed by atoms with E-state index in [0.717, 1.165) is 45.4 Å². The second-order valence-electron chi connectivity index (χ2n) is 7.30.